The number of rotatable bonds is 6. The van der Waals surface area contributed by atoms with E-state index >= 15 is 0 Å². The van der Waals surface area contributed by atoms with Crippen LogP contribution in [0.15, 0.2) is 97.1 Å². The van der Waals surface area contributed by atoms with Gasteiger partial charge in [0.15, 0.2) is 0 Å². The molecular weight excluding hydrogens is 382 g/mol. The number of para-hydroxylation sites is 2. The van der Waals surface area contributed by atoms with E-state index < -0.39 is 0 Å². The predicted molar refractivity (Wildman–Crippen MR) is 129 cm³/mol. The molecule has 0 atom stereocenters. The Morgan fingerprint density at radius 3 is 2.03 bits per heavy atom. The summed E-state index contributed by atoms with van der Waals surface area (Å²) in [6.45, 7) is 2.85. The molecule has 154 valence electrons. The van der Waals surface area contributed by atoms with Crippen LogP contribution in [0.25, 0.3) is 11.1 Å². The van der Waals surface area contributed by atoms with E-state index in [-0.39, 0.29) is 5.91 Å². The molecule has 0 aromatic heterocycles. The molecule has 0 spiro atoms. The topological polar surface area (TPSA) is 67.2 Å². The van der Waals surface area contributed by atoms with E-state index in [2.05, 4.69) is 66.1 Å². The van der Waals surface area contributed by atoms with Crippen molar-refractivity contribution in [2.75, 3.05) is 16.4 Å². The Labute approximate surface area is 182 Å². The first kappa shape index (κ1) is 20.2. The van der Waals surface area contributed by atoms with Gasteiger partial charge >= 0.3 is 0 Å². The van der Waals surface area contributed by atoms with Crippen LogP contribution in [0.2, 0.25) is 0 Å². The molecule has 0 saturated heterocycles. The summed E-state index contributed by atoms with van der Waals surface area (Å²) in [7, 11) is 0. The summed E-state index contributed by atoms with van der Waals surface area (Å²) in [5, 5.41) is 6.29. The van der Waals surface area contributed by atoms with Gasteiger partial charge in [-0.1, -0.05) is 66.2 Å². The lowest BCUT2D eigenvalue weighted by Gasteiger charge is -2.10. The SMILES string of the molecule is Cc1ccc(NCc2ccc(-c3ccc(C(=O)Nc4ccccc4N)cc3)cc2)cc1. The molecule has 31 heavy (non-hydrogen) atoms. The third-order valence-corrected chi connectivity index (χ3v) is 5.19. The fourth-order valence-corrected chi connectivity index (χ4v) is 3.31. The van der Waals surface area contributed by atoms with Crippen molar-refractivity contribution in [3.05, 3.63) is 114 Å². The number of aryl methyl sites for hydroxylation is 1. The number of nitrogens with one attached hydrogen (secondary N) is 2. The van der Waals surface area contributed by atoms with Crippen LogP contribution < -0.4 is 16.4 Å². The van der Waals surface area contributed by atoms with Crippen LogP contribution in [0.5, 0.6) is 0 Å². The Bertz CT molecular complexity index is 1160. The molecule has 4 aromatic carbocycles. The van der Waals surface area contributed by atoms with Crippen LogP contribution in [-0.2, 0) is 6.54 Å². The van der Waals surface area contributed by atoms with Gasteiger partial charge < -0.3 is 16.4 Å². The zero-order valence-electron chi connectivity index (χ0n) is 17.4. The second kappa shape index (κ2) is 9.18. The molecule has 1 amide bonds. The molecule has 4 N–H and O–H groups in total. The third kappa shape index (κ3) is 5.11. The largest absolute Gasteiger partial charge is 0.397 e. The van der Waals surface area contributed by atoms with E-state index in [0.29, 0.717) is 16.9 Å². The summed E-state index contributed by atoms with van der Waals surface area (Å²) in [5.74, 6) is -0.179. The van der Waals surface area contributed by atoms with Gasteiger partial charge in [0.2, 0.25) is 0 Å². The highest BCUT2D eigenvalue weighted by atomic mass is 16.1. The maximum absolute atomic E-state index is 12.5. The predicted octanol–water partition coefficient (Wildman–Crippen LogP) is 6.11. The minimum Gasteiger partial charge on any atom is -0.397 e. The molecule has 0 unspecified atom stereocenters. The lowest BCUT2D eigenvalue weighted by molar-refractivity contribution is 0.102. The van der Waals surface area contributed by atoms with Crippen LogP contribution in [0.4, 0.5) is 17.1 Å². The van der Waals surface area contributed by atoms with E-state index in [1.807, 2.05) is 36.4 Å². The lowest BCUT2D eigenvalue weighted by Crippen LogP contribution is -2.12. The highest BCUT2D eigenvalue weighted by Gasteiger charge is 2.08. The highest BCUT2D eigenvalue weighted by Crippen LogP contribution is 2.22. The molecule has 4 nitrogen and oxygen atoms in total. The summed E-state index contributed by atoms with van der Waals surface area (Å²) in [6.07, 6.45) is 0. The van der Waals surface area contributed by atoms with Crippen LogP contribution in [0.1, 0.15) is 21.5 Å². The van der Waals surface area contributed by atoms with Crippen LogP contribution in [0.3, 0.4) is 0 Å². The zero-order chi connectivity index (χ0) is 21.6. The molecule has 0 radical (unpaired) electrons. The maximum atomic E-state index is 12.5. The maximum Gasteiger partial charge on any atom is 0.255 e. The van der Waals surface area contributed by atoms with Gasteiger partial charge in [0.1, 0.15) is 0 Å². The third-order valence-electron chi connectivity index (χ3n) is 5.19. The van der Waals surface area contributed by atoms with Crippen molar-refractivity contribution >= 4 is 23.0 Å². The fourth-order valence-electron chi connectivity index (χ4n) is 3.31. The second-order valence-electron chi connectivity index (χ2n) is 7.54. The zero-order valence-corrected chi connectivity index (χ0v) is 17.4. The molecule has 0 fully saturated rings. The van der Waals surface area contributed by atoms with Gasteiger partial charge in [-0.3, -0.25) is 4.79 Å². The number of benzene rings is 4. The van der Waals surface area contributed by atoms with E-state index in [1.54, 1.807) is 12.1 Å². The van der Waals surface area contributed by atoms with Crippen molar-refractivity contribution in [1.82, 2.24) is 0 Å². The molecule has 4 aromatic rings. The van der Waals surface area contributed by atoms with Crippen LogP contribution in [0, 0.1) is 6.92 Å². The van der Waals surface area contributed by atoms with Crippen molar-refractivity contribution in [3.8, 4) is 11.1 Å². The molecule has 0 aliphatic heterocycles. The standard InChI is InChI=1S/C27H25N3O/c1-19-6-16-24(17-7-19)29-18-20-8-10-21(11-9-20)22-12-14-23(15-13-22)27(31)30-26-5-3-2-4-25(26)28/h2-17,29H,18,28H2,1H3,(H,30,31). The molecular formula is C27H25N3O. The van der Waals surface area contributed by atoms with E-state index in [1.165, 1.54) is 11.1 Å². The highest BCUT2D eigenvalue weighted by molar-refractivity contribution is 6.05. The first-order valence-electron chi connectivity index (χ1n) is 10.2. The minimum absolute atomic E-state index is 0.179. The molecule has 0 heterocycles. The molecule has 4 heteroatoms. The Balaban J connectivity index is 1.38. The number of hydrogen-bond acceptors (Lipinski definition) is 3. The quantitative estimate of drug-likeness (QED) is 0.338. The van der Waals surface area contributed by atoms with Crippen LogP contribution >= 0.6 is 0 Å². The first-order valence-corrected chi connectivity index (χ1v) is 10.2. The van der Waals surface area contributed by atoms with Crippen molar-refractivity contribution < 1.29 is 4.79 Å². The van der Waals surface area contributed by atoms with Gasteiger partial charge in [-0.25, -0.2) is 0 Å². The Morgan fingerprint density at radius 2 is 1.39 bits per heavy atom. The van der Waals surface area contributed by atoms with Gasteiger partial charge in [0.05, 0.1) is 11.4 Å². The molecule has 0 aliphatic carbocycles. The minimum atomic E-state index is -0.179. The number of amides is 1. The average Bonchev–Trinajstić information content (AvgIpc) is 2.81. The van der Waals surface area contributed by atoms with Crippen LogP contribution in [-0.4, -0.2) is 5.91 Å². The number of anilines is 3. The second-order valence-corrected chi connectivity index (χ2v) is 7.54. The van der Waals surface area contributed by atoms with Crippen molar-refractivity contribution in [1.29, 1.82) is 0 Å². The number of carbonyl (C=O) groups excluding carboxylic acids is 1. The van der Waals surface area contributed by atoms with Crippen molar-refractivity contribution in [2.45, 2.75) is 13.5 Å². The Hall–Kier alpha value is -4.05. The van der Waals surface area contributed by atoms with E-state index in [0.717, 1.165) is 23.4 Å². The smallest absolute Gasteiger partial charge is 0.255 e. The summed E-state index contributed by atoms with van der Waals surface area (Å²) in [5.41, 5.74) is 13.4. The molecule has 0 saturated carbocycles. The fraction of sp³-hybridized carbons (Fsp3) is 0.0741. The molecule has 4 rings (SSSR count). The van der Waals surface area contributed by atoms with Gasteiger partial charge in [-0.2, -0.15) is 0 Å². The lowest BCUT2D eigenvalue weighted by atomic mass is 10.0. The van der Waals surface area contributed by atoms with E-state index in [4.69, 9.17) is 5.73 Å². The Morgan fingerprint density at radius 1 is 0.774 bits per heavy atom. The molecule has 0 bridgehead atoms. The molecule has 0 aliphatic rings. The number of nitrogens with two attached hydrogens (primary N) is 1. The number of hydrogen-bond donors (Lipinski definition) is 3. The van der Waals surface area contributed by atoms with Gasteiger partial charge in [0, 0.05) is 17.8 Å². The van der Waals surface area contributed by atoms with E-state index in [9.17, 15) is 4.79 Å². The van der Waals surface area contributed by atoms with Crippen molar-refractivity contribution in [2.24, 2.45) is 0 Å². The summed E-state index contributed by atoms with van der Waals surface area (Å²) in [4.78, 5) is 12.5. The van der Waals surface area contributed by atoms with Gasteiger partial charge in [0.25, 0.3) is 5.91 Å². The number of carbonyl (C=O) groups is 1. The monoisotopic (exact) mass is 407 g/mol. The summed E-state index contributed by atoms with van der Waals surface area (Å²) >= 11 is 0. The van der Waals surface area contributed by atoms with Crippen molar-refractivity contribution in [3.63, 3.8) is 0 Å². The summed E-state index contributed by atoms with van der Waals surface area (Å²) in [6, 6.07) is 31.6. The number of nitrogen functional groups attached to an aromatic ring is 1. The summed E-state index contributed by atoms with van der Waals surface area (Å²) < 4.78 is 0. The Kier molecular flexibility index (Phi) is 5.99. The first-order chi connectivity index (χ1) is 15.1. The van der Waals surface area contributed by atoms with Gasteiger partial charge in [-0.15, -0.1) is 0 Å². The average molecular weight is 408 g/mol. The van der Waals surface area contributed by atoms with Gasteiger partial charge in [-0.05, 0) is 60.0 Å². The normalized spacial score (nSPS) is 10.5.